The van der Waals surface area contributed by atoms with Crippen LogP contribution in [-0.2, 0) is 0 Å². The Morgan fingerprint density at radius 2 is 2.27 bits per heavy atom. The average molecular weight is 378 g/mol. The van der Waals surface area contributed by atoms with Gasteiger partial charge in [-0.25, -0.2) is 20.8 Å². The van der Waals surface area contributed by atoms with E-state index in [1.54, 1.807) is 25.1 Å². The van der Waals surface area contributed by atoms with Gasteiger partial charge in [-0.2, -0.15) is 0 Å². The molecule has 0 fully saturated rings. The number of hydrogen-bond donors (Lipinski definition) is 3. The summed E-state index contributed by atoms with van der Waals surface area (Å²) in [5.41, 5.74) is 4.39. The first kappa shape index (κ1) is 18.1. The lowest BCUT2D eigenvalue weighted by molar-refractivity contribution is 0.102. The van der Waals surface area contributed by atoms with Gasteiger partial charge in [-0.3, -0.25) is 9.78 Å². The number of pyridine rings is 1. The number of amides is 1. The summed E-state index contributed by atoms with van der Waals surface area (Å²) in [7, 11) is 0. The SMILES string of the molecule is C/C(Cl)=C1/c2cc(NC(=O)c3ccncc3F)ccc2OCCNN1N. The molecular formula is C17H17ClFN5O2. The number of carbonyl (C=O) groups excluding carboxylic acids is 1. The van der Waals surface area contributed by atoms with E-state index in [-0.39, 0.29) is 5.56 Å². The lowest BCUT2D eigenvalue weighted by Crippen LogP contribution is -2.45. The van der Waals surface area contributed by atoms with Gasteiger partial charge in [0.25, 0.3) is 5.91 Å². The second-order valence-corrected chi connectivity index (χ2v) is 6.10. The molecule has 1 aromatic heterocycles. The Morgan fingerprint density at radius 3 is 3.00 bits per heavy atom. The molecule has 2 aromatic rings. The van der Waals surface area contributed by atoms with Crippen molar-refractivity contribution in [2.24, 2.45) is 5.84 Å². The van der Waals surface area contributed by atoms with Crippen molar-refractivity contribution in [2.75, 3.05) is 18.5 Å². The van der Waals surface area contributed by atoms with E-state index in [1.165, 1.54) is 17.4 Å². The fourth-order valence-electron chi connectivity index (χ4n) is 2.56. The van der Waals surface area contributed by atoms with Crippen LogP contribution in [0.1, 0.15) is 22.8 Å². The number of halogens is 2. The molecular weight excluding hydrogens is 361 g/mol. The van der Waals surface area contributed by atoms with Crippen LogP contribution in [0.5, 0.6) is 5.75 Å². The predicted octanol–water partition coefficient (Wildman–Crippen LogP) is 2.47. The number of nitrogens with two attached hydrogens (primary N) is 1. The molecule has 7 nitrogen and oxygen atoms in total. The molecule has 1 amide bonds. The topological polar surface area (TPSA) is 92.5 Å². The molecule has 9 heteroatoms. The fraction of sp³-hybridized carbons (Fsp3) is 0.176. The molecule has 0 bridgehead atoms. The summed E-state index contributed by atoms with van der Waals surface area (Å²) in [4.78, 5) is 15.9. The van der Waals surface area contributed by atoms with E-state index in [4.69, 9.17) is 22.2 Å². The van der Waals surface area contributed by atoms with Gasteiger partial charge in [-0.1, -0.05) is 11.6 Å². The molecule has 26 heavy (non-hydrogen) atoms. The van der Waals surface area contributed by atoms with Crippen molar-refractivity contribution >= 4 is 28.9 Å². The molecule has 0 saturated carbocycles. The van der Waals surface area contributed by atoms with Crippen LogP contribution in [0.4, 0.5) is 10.1 Å². The van der Waals surface area contributed by atoms with Crippen LogP contribution in [0.3, 0.4) is 0 Å². The van der Waals surface area contributed by atoms with Gasteiger partial charge in [0.1, 0.15) is 12.4 Å². The smallest absolute Gasteiger partial charge is 0.258 e. The minimum atomic E-state index is -0.700. The third kappa shape index (κ3) is 3.77. The molecule has 3 rings (SSSR count). The van der Waals surface area contributed by atoms with Gasteiger partial charge in [0, 0.05) is 22.5 Å². The average Bonchev–Trinajstić information content (AvgIpc) is 2.58. The molecule has 0 saturated heterocycles. The van der Waals surface area contributed by atoms with E-state index < -0.39 is 11.7 Å². The normalized spacial score (nSPS) is 16.1. The largest absolute Gasteiger partial charge is 0.491 e. The van der Waals surface area contributed by atoms with E-state index in [1.807, 2.05) is 0 Å². The maximum Gasteiger partial charge on any atom is 0.258 e. The van der Waals surface area contributed by atoms with Crippen LogP contribution >= 0.6 is 11.6 Å². The number of aromatic nitrogens is 1. The molecule has 1 aliphatic heterocycles. The molecule has 0 atom stereocenters. The quantitative estimate of drug-likeness (QED) is 0.696. The minimum Gasteiger partial charge on any atom is -0.491 e. The fourth-order valence-corrected chi connectivity index (χ4v) is 2.76. The highest BCUT2D eigenvalue weighted by atomic mass is 35.5. The van der Waals surface area contributed by atoms with Crippen molar-refractivity contribution in [2.45, 2.75) is 6.92 Å². The van der Waals surface area contributed by atoms with Crippen LogP contribution in [0, 0.1) is 5.82 Å². The summed E-state index contributed by atoms with van der Waals surface area (Å²) in [5.74, 6) is 5.29. The first-order valence-electron chi connectivity index (χ1n) is 7.80. The number of anilines is 1. The lowest BCUT2D eigenvalue weighted by atomic mass is 10.1. The first-order valence-corrected chi connectivity index (χ1v) is 8.18. The Labute approximate surface area is 154 Å². The second kappa shape index (κ2) is 7.69. The van der Waals surface area contributed by atoms with E-state index >= 15 is 0 Å². The first-order chi connectivity index (χ1) is 12.5. The van der Waals surface area contributed by atoms with Gasteiger partial charge in [0.2, 0.25) is 0 Å². The summed E-state index contributed by atoms with van der Waals surface area (Å²) >= 11 is 6.20. The van der Waals surface area contributed by atoms with Gasteiger partial charge < -0.3 is 10.1 Å². The Morgan fingerprint density at radius 1 is 1.46 bits per heavy atom. The number of allylic oxidation sites excluding steroid dienone is 1. The molecule has 0 radical (unpaired) electrons. The van der Waals surface area contributed by atoms with Crippen molar-refractivity contribution in [3.63, 3.8) is 0 Å². The maximum atomic E-state index is 13.7. The number of nitrogens with zero attached hydrogens (tertiary/aromatic N) is 2. The highest BCUT2D eigenvalue weighted by molar-refractivity contribution is 6.32. The van der Waals surface area contributed by atoms with Crippen molar-refractivity contribution in [3.8, 4) is 5.75 Å². The summed E-state index contributed by atoms with van der Waals surface area (Å²) in [6, 6.07) is 6.33. The van der Waals surface area contributed by atoms with Gasteiger partial charge >= 0.3 is 0 Å². The predicted molar refractivity (Wildman–Crippen MR) is 96.6 cm³/mol. The van der Waals surface area contributed by atoms with Crippen molar-refractivity contribution < 1.29 is 13.9 Å². The number of fused-ring (bicyclic) bond motifs is 1. The second-order valence-electron chi connectivity index (χ2n) is 5.53. The van der Waals surface area contributed by atoms with Crippen LogP contribution in [0.25, 0.3) is 5.70 Å². The molecule has 0 spiro atoms. The number of hydrogen-bond acceptors (Lipinski definition) is 6. The van der Waals surface area contributed by atoms with Crippen molar-refractivity contribution in [1.82, 2.24) is 15.5 Å². The highest BCUT2D eigenvalue weighted by Gasteiger charge is 2.20. The minimum absolute atomic E-state index is 0.102. The molecule has 4 N–H and O–H groups in total. The molecule has 2 heterocycles. The van der Waals surface area contributed by atoms with Gasteiger partial charge in [0.05, 0.1) is 24.0 Å². The van der Waals surface area contributed by atoms with Gasteiger partial charge in [0.15, 0.2) is 5.82 Å². The zero-order valence-electron chi connectivity index (χ0n) is 13.9. The Balaban J connectivity index is 1.96. The number of ether oxygens (including phenoxy) is 1. The van der Waals surface area contributed by atoms with Gasteiger partial charge in [-0.05, 0) is 31.2 Å². The van der Waals surface area contributed by atoms with Crippen LogP contribution in [-0.4, -0.2) is 29.2 Å². The Bertz CT molecular complexity index is 870. The van der Waals surface area contributed by atoms with Crippen LogP contribution in [0.2, 0.25) is 0 Å². The van der Waals surface area contributed by atoms with E-state index in [9.17, 15) is 9.18 Å². The Hall–Kier alpha value is -2.68. The lowest BCUT2D eigenvalue weighted by Gasteiger charge is -2.28. The summed E-state index contributed by atoms with van der Waals surface area (Å²) in [6.07, 6.45) is 2.33. The number of nitrogens with one attached hydrogen (secondary N) is 2. The van der Waals surface area contributed by atoms with E-state index in [2.05, 4.69) is 15.7 Å². The van der Waals surface area contributed by atoms with Crippen molar-refractivity contribution in [1.29, 1.82) is 0 Å². The van der Waals surface area contributed by atoms with E-state index in [0.29, 0.717) is 40.9 Å². The maximum absolute atomic E-state index is 13.7. The zero-order chi connectivity index (χ0) is 18.7. The third-order valence-corrected chi connectivity index (χ3v) is 3.90. The van der Waals surface area contributed by atoms with Crippen LogP contribution in [0.15, 0.2) is 41.7 Å². The molecule has 136 valence electrons. The number of hydrazine groups is 2. The van der Waals surface area contributed by atoms with E-state index in [0.717, 1.165) is 6.20 Å². The standard InChI is InChI=1S/C17H17ClFN5O2/c1-10(18)16-13-8-11(2-3-15(13)26-7-6-22-24(16)20)23-17(25)12-4-5-21-9-14(12)19/h2-5,8-9,22H,6-7,20H2,1H3,(H,23,25)/b16-10+. The number of benzene rings is 1. The molecule has 1 aromatic carbocycles. The monoisotopic (exact) mass is 377 g/mol. The summed E-state index contributed by atoms with van der Waals surface area (Å²) in [5, 5.41) is 4.41. The third-order valence-electron chi connectivity index (χ3n) is 3.72. The zero-order valence-corrected chi connectivity index (χ0v) is 14.7. The molecule has 0 aliphatic carbocycles. The molecule has 0 unspecified atom stereocenters. The number of carbonyl (C=O) groups is 1. The van der Waals surface area contributed by atoms with Crippen molar-refractivity contribution in [3.05, 3.63) is 58.6 Å². The molecule has 1 aliphatic rings. The van der Waals surface area contributed by atoms with Gasteiger partial charge in [-0.15, -0.1) is 0 Å². The van der Waals surface area contributed by atoms with Crippen LogP contribution < -0.4 is 21.3 Å². The summed E-state index contributed by atoms with van der Waals surface area (Å²) < 4.78 is 19.4. The summed E-state index contributed by atoms with van der Waals surface area (Å²) in [6.45, 7) is 2.61. The number of rotatable bonds is 2. The highest BCUT2D eigenvalue weighted by Crippen LogP contribution is 2.33. The Kier molecular flexibility index (Phi) is 5.36.